The van der Waals surface area contributed by atoms with Gasteiger partial charge in [-0.1, -0.05) is 44.2 Å². The lowest BCUT2D eigenvalue weighted by molar-refractivity contribution is -0.117. The number of nitrogens with one attached hydrogen (secondary N) is 1. The molecule has 4 nitrogen and oxygen atoms in total. The Morgan fingerprint density at radius 3 is 2.00 bits per heavy atom. The van der Waals surface area contributed by atoms with Gasteiger partial charge in [-0.15, -0.1) is 0 Å². The van der Waals surface area contributed by atoms with Gasteiger partial charge in [0.25, 0.3) is 0 Å². The summed E-state index contributed by atoms with van der Waals surface area (Å²) in [7, 11) is 0. The summed E-state index contributed by atoms with van der Waals surface area (Å²) in [5.41, 5.74) is 1.97. The van der Waals surface area contributed by atoms with E-state index < -0.39 is 0 Å². The molecule has 1 amide bonds. The van der Waals surface area contributed by atoms with Crippen molar-refractivity contribution >= 4 is 17.4 Å². The summed E-state index contributed by atoms with van der Waals surface area (Å²) < 4.78 is 0. The van der Waals surface area contributed by atoms with Gasteiger partial charge in [0.15, 0.2) is 5.78 Å². The number of nitrogens with zero attached hydrogens (tertiary/aromatic N) is 1. The number of amides is 1. The maximum atomic E-state index is 12.3. The maximum Gasteiger partial charge on any atom is 0.238 e. The number of ketones is 1. The lowest BCUT2D eigenvalue weighted by atomic mass is 10.0. The van der Waals surface area contributed by atoms with Crippen LogP contribution in [0.3, 0.4) is 0 Å². The molecule has 0 aliphatic heterocycles. The predicted octanol–water partition coefficient (Wildman–Crippen LogP) is 3.20. The zero-order valence-corrected chi connectivity index (χ0v) is 13.6. The van der Waals surface area contributed by atoms with E-state index in [1.807, 2.05) is 36.9 Å². The summed E-state index contributed by atoms with van der Waals surface area (Å²) in [6, 6.07) is 16.1. The Morgan fingerprint density at radius 1 is 0.870 bits per heavy atom. The van der Waals surface area contributed by atoms with Gasteiger partial charge >= 0.3 is 0 Å². The topological polar surface area (TPSA) is 49.4 Å². The van der Waals surface area contributed by atoms with Crippen LogP contribution in [0.25, 0.3) is 0 Å². The van der Waals surface area contributed by atoms with Crippen LogP contribution < -0.4 is 5.32 Å². The quantitative estimate of drug-likeness (QED) is 0.799. The molecule has 2 aromatic rings. The Morgan fingerprint density at radius 2 is 1.43 bits per heavy atom. The zero-order chi connectivity index (χ0) is 16.7. The number of hydrogen-bond acceptors (Lipinski definition) is 3. The van der Waals surface area contributed by atoms with E-state index in [-0.39, 0.29) is 11.7 Å². The van der Waals surface area contributed by atoms with Gasteiger partial charge < -0.3 is 5.32 Å². The SMILES string of the molecule is CCN(CC)CC(=O)Nc1ccc(C(=O)c2ccccc2)cc1. The van der Waals surface area contributed by atoms with Crippen LogP contribution in [0.4, 0.5) is 5.69 Å². The molecule has 1 N–H and O–H groups in total. The summed E-state index contributed by atoms with van der Waals surface area (Å²) in [5, 5.41) is 2.86. The van der Waals surface area contributed by atoms with E-state index in [0.29, 0.717) is 23.4 Å². The van der Waals surface area contributed by atoms with Crippen molar-refractivity contribution in [2.75, 3.05) is 25.0 Å². The third-order valence-corrected chi connectivity index (χ3v) is 3.73. The molecule has 4 heteroatoms. The lowest BCUT2D eigenvalue weighted by Gasteiger charge is -2.17. The van der Waals surface area contributed by atoms with E-state index in [4.69, 9.17) is 0 Å². The summed E-state index contributed by atoms with van der Waals surface area (Å²) in [4.78, 5) is 26.3. The molecule has 0 saturated carbocycles. The monoisotopic (exact) mass is 310 g/mol. The molecular weight excluding hydrogens is 288 g/mol. The summed E-state index contributed by atoms with van der Waals surface area (Å²) in [5.74, 6) is -0.0672. The van der Waals surface area contributed by atoms with Crippen molar-refractivity contribution < 1.29 is 9.59 Å². The van der Waals surface area contributed by atoms with E-state index >= 15 is 0 Å². The Labute approximate surface area is 137 Å². The molecule has 0 bridgehead atoms. The first-order valence-electron chi connectivity index (χ1n) is 7.86. The molecule has 0 fully saturated rings. The van der Waals surface area contributed by atoms with Gasteiger partial charge in [0, 0.05) is 16.8 Å². The van der Waals surface area contributed by atoms with Crippen molar-refractivity contribution in [2.45, 2.75) is 13.8 Å². The van der Waals surface area contributed by atoms with Gasteiger partial charge in [-0.2, -0.15) is 0 Å². The molecule has 23 heavy (non-hydrogen) atoms. The van der Waals surface area contributed by atoms with Gasteiger partial charge in [0.05, 0.1) is 6.54 Å². The highest BCUT2D eigenvalue weighted by Gasteiger charge is 2.10. The van der Waals surface area contributed by atoms with Crippen LogP contribution in [0, 0.1) is 0 Å². The van der Waals surface area contributed by atoms with Crippen LogP contribution in [0.2, 0.25) is 0 Å². The van der Waals surface area contributed by atoms with Gasteiger partial charge in [-0.05, 0) is 37.4 Å². The second-order valence-electron chi connectivity index (χ2n) is 5.28. The number of benzene rings is 2. The zero-order valence-electron chi connectivity index (χ0n) is 13.6. The molecule has 0 radical (unpaired) electrons. The molecule has 2 aromatic carbocycles. The van der Waals surface area contributed by atoms with Gasteiger partial charge in [-0.25, -0.2) is 0 Å². The smallest absolute Gasteiger partial charge is 0.238 e. The number of hydrogen-bond donors (Lipinski definition) is 1. The number of rotatable bonds is 7. The van der Waals surface area contributed by atoms with Crippen LogP contribution >= 0.6 is 0 Å². The van der Waals surface area contributed by atoms with E-state index in [1.165, 1.54) is 0 Å². The van der Waals surface area contributed by atoms with E-state index in [9.17, 15) is 9.59 Å². The average Bonchev–Trinajstić information content (AvgIpc) is 2.60. The number of carbonyl (C=O) groups excluding carboxylic acids is 2. The van der Waals surface area contributed by atoms with Crippen molar-refractivity contribution in [3.63, 3.8) is 0 Å². The molecule has 0 aromatic heterocycles. The molecular formula is C19H22N2O2. The molecule has 0 atom stereocenters. The number of carbonyl (C=O) groups is 2. The van der Waals surface area contributed by atoms with Crippen molar-refractivity contribution in [2.24, 2.45) is 0 Å². The fourth-order valence-electron chi connectivity index (χ4n) is 2.31. The van der Waals surface area contributed by atoms with Crippen LogP contribution in [0.5, 0.6) is 0 Å². The molecule has 0 unspecified atom stereocenters. The Balaban J connectivity index is 2.00. The lowest BCUT2D eigenvalue weighted by Crippen LogP contribution is -2.32. The summed E-state index contributed by atoms with van der Waals surface area (Å²) in [6.45, 7) is 6.11. The van der Waals surface area contributed by atoms with Crippen LogP contribution in [0.1, 0.15) is 29.8 Å². The van der Waals surface area contributed by atoms with Gasteiger partial charge in [-0.3, -0.25) is 14.5 Å². The molecule has 120 valence electrons. The molecule has 0 saturated heterocycles. The number of likely N-dealkylation sites (N-methyl/N-ethyl adjacent to an activating group) is 1. The molecule has 0 heterocycles. The van der Waals surface area contributed by atoms with Crippen LogP contribution in [0.15, 0.2) is 54.6 Å². The third-order valence-electron chi connectivity index (χ3n) is 3.73. The second-order valence-corrected chi connectivity index (χ2v) is 5.28. The minimum atomic E-state index is -0.0455. The van der Waals surface area contributed by atoms with E-state index in [1.54, 1.807) is 36.4 Å². The highest BCUT2D eigenvalue weighted by atomic mass is 16.2. The summed E-state index contributed by atoms with van der Waals surface area (Å²) in [6.07, 6.45) is 0. The van der Waals surface area contributed by atoms with Crippen molar-refractivity contribution in [3.8, 4) is 0 Å². The Bertz CT molecular complexity index is 647. The average molecular weight is 310 g/mol. The van der Waals surface area contributed by atoms with Crippen molar-refractivity contribution in [1.82, 2.24) is 4.90 Å². The number of anilines is 1. The first-order chi connectivity index (χ1) is 11.1. The normalized spacial score (nSPS) is 10.6. The fourth-order valence-corrected chi connectivity index (χ4v) is 2.31. The fraction of sp³-hybridized carbons (Fsp3) is 0.263. The van der Waals surface area contributed by atoms with E-state index in [2.05, 4.69) is 5.32 Å². The molecule has 0 spiro atoms. The third kappa shape index (κ3) is 4.76. The van der Waals surface area contributed by atoms with E-state index in [0.717, 1.165) is 13.1 Å². The minimum Gasteiger partial charge on any atom is -0.325 e. The van der Waals surface area contributed by atoms with Crippen LogP contribution in [-0.4, -0.2) is 36.2 Å². The molecule has 2 rings (SSSR count). The first kappa shape index (κ1) is 16.9. The summed E-state index contributed by atoms with van der Waals surface area (Å²) >= 11 is 0. The Hall–Kier alpha value is -2.46. The standard InChI is InChI=1S/C19H22N2O2/c1-3-21(4-2)14-18(22)20-17-12-10-16(11-13-17)19(23)15-8-6-5-7-9-15/h5-13H,3-4,14H2,1-2H3,(H,20,22). The highest BCUT2D eigenvalue weighted by Crippen LogP contribution is 2.14. The van der Waals surface area contributed by atoms with Crippen molar-refractivity contribution in [3.05, 3.63) is 65.7 Å². The highest BCUT2D eigenvalue weighted by molar-refractivity contribution is 6.09. The maximum absolute atomic E-state index is 12.3. The van der Waals surface area contributed by atoms with Crippen LogP contribution in [-0.2, 0) is 4.79 Å². The molecule has 0 aliphatic rings. The van der Waals surface area contributed by atoms with Gasteiger partial charge in [0.2, 0.25) is 5.91 Å². The minimum absolute atomic E-state index is 0.0217. The second kappa shape index (κ2) is 8.25. The van der Waals surface area contributed by atoms with Crippen molar-refractivity contribution in [1.29, 1.82) is 0 Å². The Kier molecular flexibility index (Phi) is 6.06. The largest absolute Gasteiger partial charge is 0.325 e. The van der Waals surface area contributed by atoms with Gasteiger partial charge in [0.1, 0.15) is 0 Å². The molecule has 0 aliphatic carbocycles. The first-order valence-corrected chi connectivity index (χ1v) is 7.86. The predicted molar refractivity (Wildman–Crippen MR) is 92.7 cm³/mol.